The van der Waals surface area contributed by atoms with E-state index in [1.54, 1.807) is 0 Å². The van der Waals surface area contributed by atoms with Gasteiger partial charge in [0.25, 0.3) is 0 Å². The van der Waals surface area contributed by atoms with Gasteiger partial charge < -0.3 is 20.4 Å². The van der Waals surface area contributed by atoms with Crippen LogP contribution >= 0.6 is 0 Å². The standard InChI is InChI=1S/C12H6N2O8/c15-9(16)3-1-4-7(13-2-14-8(4)12(21)22)6(11(19)20)5(3)10(17)18/h1-2H,(H,15,16)(H,17,18)(H,19,20)(H,21,22). The van der Waals surface area contributed by atoms with Crippen molar-refractivity contribution in [3.63, 3.8) is 0 Å². The summed E-state index contributed by atoms with van der Waals surface area (Å²) in [6, 6.07) is 0.733. The highest BCUT2D eigenvalue weighted by Gasteiger charge is 2.29. The van der Waals surface area contributed by atoms with Crippen LogP contribution in [0.25, 0.3) is 10.9 Å². The first-order valence-electron chi connectivity index (χ1n) is 5.50. The highest BCUT2D eigenvalue weighted by Crippen LogP contribution is 2.27. The number of fused-ring (bicyclic) bond motifs is 1. The lowest BCUT2D eigenvalue weighted by atomic mass is 9.96. The number of aromatic nitrogens is 2. The molecule has 2 aromatic rings. The quantitative estimate of drug-likeness (QED) is 0.619. The van der Waals surface area contributed by atoms with Gasteiger partial charge in [-0.25, -0.2) is 29.1 Å². The summed E-state index contributed by atoms with van der Waals surface area (Å²) < 4.78 is 0. The number of aromatic carboxylic acids is 4. The molecule has 0 amide bonds. The van der Waals surface area contributed by atoms with Gasteiger partial charge in [-0.1, -0.05) is 0 Å². The van der Waals surface area contributed by atoms with E-state index in [2.05, 4.69) is 9.97 Å². The van der Waals surface area contributed by atoms with Crippen molar-refractivity contribution in [1.29, 1.82) is 0 Å². The summed E-state index contributed by atoms with van der Waals surface area (Å²) in [5, 5.41) is 36.0. The lowest BCUT2D eigenvalue weighted by Gasteiger charge is -2.10. The summed E-state index contributed by atoms with van der Waals surface area (Å²) in [6.45, 7) is 0. The fourth-order valence-corrected chi connectivity index (χ4v) is 1.97. The maximum Gasteiger partial charge on any atom is 0.355 e. The molecule has 0 saturated heterocycles. The molecular weight excluding hydrogens is 300 g/mol. The van der Waals surface area contributed by atoms with Gasteiger partial charge in [-0.15, -0.1) is 0 Å². The van der Waals surface area contributed by atoms with Crippen LogP contribution in [0.5, 0.6) is 0 Å². The molecule has 1 heterocycles. The molecule has 0 saturated carbocycles. The number of hydrogen-bond donors (Lipinski definition) is 4. The van der Waals surface area contributed by atoms with Crippen molar-refractivity contribution in [2.75, 3.05) is 0 Å². The molecule has 0 aliphatic heterocycles. The van der Waals surface area contributed by atoms with E-state index in [0.717, 1.165) is 12.4 Å². The molecule has 1 aromatic carbocycles. The maximum absolute atomic E-state index is 11.3. The van der Waals surface area contributed by atoms with Crippen molar-refractivity contribution in [3.8, 4) is 0 Å². The van der Waals surface area contributed by atoms with E-state index < -0.39 is 51.8 Å². The Kier molecular flexibility index (Phi) is 3.43. The molecule has 10 heteroatoms. The molecule has 10 nitrogen and oxygen atoms in total. The second kappa shape index (κ2) is 5.09. The molecule has 0 unspecified atom stereocenters. The number of carboxylic acid groups (broad SMARTS) is 4. The number of benzene rings is 1. The number of rotatable bonds is 4. The normalized spacial score (nSPS) is 10.4. The van der Waals surface area contributed by atoms with Gasteiger partial charge in [0.1, 0.15) is 11.9 Å². The van der Waals surface area contributed by atoms with Crippen LogP contribution < -0.4 is 0 Å². The molecule has 0 aliphatic carbocycles. The molecule has 0 atom stereocenters. The van der Waals surface area contributed by atoms with Crippen LogP contribution in [0.3, 0.4) is 0 Å². The summed E-state index contributed by atoms with van der Waals surface area (Å²) in [7, 11) is 0. The van der Waals surface area contributed by atoms with Crippen molar-refractivity contribution in [1.82, 2.24) is 9.97 Å². The molecule has 0 spiro atoms. The minimum atomic E-state index is -1.79. The van der Waals surface area contributed by atoms with E-state index >= 15 is 0 Å². The molecule has 1 aromatic heterocycles. The van der Waals surface area contributed by atoms with Crippen LogP contribution in [0.15, 0.2) is 12.4 Å². The van der Waals surface area contributed by atoms with Crippen LogP contribution in [0, 0.1) is 0 Å². The van der Waals surface area contributed by atoms with Crippen molar-refractivity contribution in [2.24, 2.45) is 0 Å². The highest BCUT2D eigenvalue weighted by molar-refractivity contribution is 6.18. The van der Waals surface area contributed by atoms with Crippen LogP contribution in [-0.4, -0.2) is 54.3 Å². The highest BCUT2D eigenvalue weighted by atomic mass is 16.4. The van der Waals surface area contributed by atoms with Crippen molar-refractivity contribution >= 4 is 34.8 Å². The second-order valence-corrected chi connectivity index (χ2v) is 4.01. The Hall–Kier alpha value is -3.56. The third-order valence-corrected chi connectivity index (χ3v) is 2.79. The van der Waals surface area contributed by atoms with Crippen molar-refractivity contribution in [2.45, 2.75) is 0 Å². The molecule has 0 radical (unpaired) electrons. The molecule has 0 fully saturated rings. The molecular formula is C12H6N2O8. The van der Waals surface area contributed by atoms with Crippen molar-refractivity contribution < 1.29 is 39.6 Å². The minimum absolute atomic E-state index is 0.380. The second-order valence-electron chi connectivity index (χ2n) is 4.01. The summed E-state index contributed by atoms with van der Waals surface area (Å²) in [5.41, 5.74) is -3.86. The average Bonchev–Trinajstić information content (AvgIpc) is 2.43. The largest absolute Gasteiger partial charge is 0.478 e. The van der Waals surface area contributed by atoms with Gasteiger partial charge in [-0.2, -0.15) is 0 Å². The Morgan fingerprint density at radius 2 is 1.36 bits per heavy atom. The number of carbonyl (C=O) groups is 4. The minimum Gasteiger partial charge on any atom is -0.478 e. The third-order valence-electron chi connectivity index (χ3n) is 2.79. The fraction of sp³-hybridized carbons (Fsp3) is 0. The molecule has 22 heavy (non-hydrogen) atoms. The monoisotopic (exact) mass is 306 g/mol. The summed E-state index contributed by atoms with van der Waals surface area (Å²) >= 11 is 0. The zero-order chi connectivity index (χ0) is 16.6. The van der Waals surface area contributed by atoms with E-state index in [0.29, 0.717) is 0 Å². The third kappa shape index (κ3) is 2.18. The van der Waals surface area contributed by atoms with Crippen LogP contribution in [0.4, 0.5) is 0 Å². The van der Waals surface area contributed by atoms with Gasteiger partial charge in [0.05, 0.1) is 16.6 Å². The van der Waals surface area contributed by atoms with Crippen LogP contribution in [-0.2, 0) is 0 Å². The van der Waals surface area contributed by atoms with E-state index in [-0.39, 0.29) is 5.39 Å². The molecule has 0 bridgehead atoms. The maximum atomic E-state index is 11.3. The molecule has 4 N–H and O–H groups in total. The van der Waals surface area contributed by atoms with Gasteiger partial charge in [-0.05, 0) is 6.07 Å². The number of carboxylic acids is 4. The number of nitrogens with zero attached hydrogens (tertiary/aromatic N) is 2. The Morgan fingerprint density at radius 1 is 0.773 bits per heavy atom. The lowest BCUT2D eigenvalue weighted by molar-refractivity contribution is 0.0634. The summed E-state index contributed by atoms with van der Waals surface area (Å²) in [4.78, 5) is 51.9. The zero-order valence-electron chi connectivity index (χ0n) is 10.5. The first kappa shape index (κ1) is 14.8. The van der Waals surface area contributed by atoms with E-state index in [4.69, 9.17) is 15.3 Å². The van der Waals surface area contributed by atoms with Crippen LogP contribution in [0.2, 0.25) is 0 Å². The predicted molar refractivity (Wildman–Crippen MR) is 67.4 cm³/mol. The topological polar surface area (TPSA) is 175 Å². The first-order valence-corrected chi connectivity index (χ1v) is 5.50. The Labute approximate surface area is 120 Å². The molecule has 2 rings (SSSR count). The lowest BCUT2D eigenvalue weighted by Crippen LogP contribution is -2.17. The van der Waals surface area contributed by atoms with E-state index in [1.165, 1.54) is 0 Å². The van der Waals surface area contributed by atoms with Crippen LogP contribution in [0.1, 0.15) is 41.6 Å². The fourth-order valence-electron chi connectivity index (χ4n) is 1.97. The van der Waals surface area contributed by atoms with E-state index in [9.17, 15) is 24.3 Å². The molecule has 0 aliphatic rings. The van der Waals surface area contributed by atoms with E-state index in [1.807, 2.05) is 0 Å². The van der Waals surface area contributed by atoms with Gasteiger partial charge in [0.15, 0.2) is 5.69 Å². The van der Waals surface area contributed by atoms with Gasteiger partial charge in [0, 0.05) is 5.39 Å². The predicted octanol–water partition coefficient (Wildman–Crippen LogP) is 0.423. The smallest absolute Gasteiger partial charge is 0.355 e. The Balaban J connectivity index is 3.13. The van der Waals surface area contributed by atoms with Gasteiger partial charge in [0.2, 0.25) is 0 Å². The SMILES string of the molecule is O=C(O)c1cc2c(C(=O)O)ncnc2c(C(=O)O)c1C(=O)O. The van der Waals surface area contributed by atoms with Crippen molar-refractivity contribution in [3.05, 3.63) is 34.8 Å². The summed E-state index contributed by atoms with van der Waals surface area (Å²) in [6.07, 6.45) is 0.754. The first-order chi connectivity index (χ1) is 10.3. The summed E-state index contributed by atoms with van der Waals surface area (Å²) in [5.74, 6) is -6.79. The van der Waals surface area contributed by atoms with Gasteiger partial charge >= 0.3 is 23.9 Å². The Morgan fingerprint density at radius 3 is 1.82 bits per heavy atom. The number of hydrogen-bond acceptors (Lipinski definition) is 6. The zero-order valence-corrected chi connectivity index (χ0v) is 10.5. The van der Waals surface area contributed by atoms with Gasteiger partial charge in [-0.3, -0.25) is 0 Å². The Bertz CT molecular complexity index is 858. The average molecular weight is 306 g/mol. The molecule has 112 valence electrons.